The molecule has 0 radical (unpaired) electrons. The van der Waals surface area contributed by atoms with Crippen LogP contribution in [0.4, 0.5) is 5.95 Å². The van der Waals surface area contributed by atoms with Gasteiger partial charge in [0.25, 0.3) is 0 Å². The van der Waals surface area contributed by atoms with Crippen LogP contribution in [-0.2, 0) is 14.3 Å². The van der Waals surface area contributed by atoms with Gasteiger partial charge in [0.1, 0.15) is 0 Å². The van der Waals surface area contributed by atoms with Gasteiger partial charge in [-0.2, -0.15) is 0 Å². The van der Waals surface area contributed by atoms with Gasteiger partial charge in [0.05, 0.1) is 19.6 Å². The third-order valence-electron chi connectivity index (χ3n) is 4.77. The molecule has 0 unspecified atom stereocenters. The molecule has 0 spiro atoms. The van der Waals surface area contributed by atoms with E-state index in [1.165, 1.54) is 39.2 Å². The molecule has 144 valence electrons. The smallest absolute Gasteiger partial charge is 0.306 e. The van der Waals surface area contributed by atoms with Crippen molar-refractivity contribution in [1.29, 1.82) is 0 Å². The third kappa shape index (κ3) is 5.97. The summed E-state index contributed by atoms with van der Waals surface area (Å²) in [6, 6.07) is -0.207. The number of rotatable bonds is 6. The second kappa shape index (κ2) is 10.1. The van der Waals surface area contributed by atoms with Crippen molar-refractivity contribution in [3.63, 3.8) is 0 Å². The second-order valence-corrected chi connectivity index (χ2v) is 6.83. The quantitative estimate of drug-likeness (QED) is 0.783. The molecular formula is C19H30N4O3. The Morgan fingerprint density at radius 2 is 1.85 bits per heavy atom. The molecule has 1 aromatic heterocycles. The molecule has 1 aliphatic rings. The molecule has 0 aromatic carbocycles. The number of aromatic nitrogens is 2. The van der Waals surface area contributed by atoms with Crippen LogP contribution in [0.2, 0.25) is 0 Å². The number of esters is 1. The Morgan fingerprint density at radius 3 is 2.46 bits per heavy atom. The van der Waals surface area contributed by atoms with Gasteiger partial charge in [-0.05, 0) is 26.7 Å². The van der Waals surface area contributed by atoms with Crippen molar-refractivity contribution in [1.82, 2.24) is 15.3 Å². The summed E-state index contributed by atoms with van der Waals surface area (Å²) >= 11 is 0. The maximum absolute atomic E-state index is 12.0. The average Bonchev–Trinajstić information content (AvgIpc) is 2.59. The highest BCUT2D eigenvalue weighted by Gasteiger charge is 2.17. The molecule has 1 saturated heterocycles. The molecule has 0 bridgehead atoms. The monoisotopic (exact) mass is 362 g/mol. The molecule has 1 fully saturated rings. The Balaban J connectivity index is 1.96. The predicted octanol–water partition coefficient (Wildman–Crippen LogP) is 2.69. The SMILES string of the molecule is COC(=O)CCC(=O)N[C@@H](C)c1cnc(N2CCCCCCC2)nc1C. The number of hydrogen-bond acceptors (Lipinski definition) is 6. The molecule has 26 heavy (non-hydrogen) atoms. The van der Waals surface area contributed by atoms with E-state index in [1.807, 2.05) is 20.0 Å². The minimum atomic E-state index is -0.384. The van der Waals surface area contributed by atoms with E-state index < -0.39 is 0 Å². The fourth-order valence-electron chi connectivity index (χ4n) is 3.20. The van der Waals surface area contributed by atoms with Crippen LogP contribution in [0.5, 0.6) is 0 Å². The number of nitrogens with zero attached hydrogens (tertiary/aromatic N) is 3. The lowest BCUT2D eigenvalue weighted by Gasteiger charge is -2.25. The van der Waals surface area contributed by atoms with Gasteiger partial charge in [-0.15, -0.1) is 0 Å². The van der Waals surface area contributed by atoms with Crippen LogP contribution in [-0.4, -0.2) is 42.0 Å². The first-order valence-electron chi connectivity index (χ1n) is 9.46. The summed E-state index contributed by atoms with van der Waals surface area (Å²) in [6.07, 6.45) is 8.21. The van der Waals surface area contributed by atoms with Gasteiger partial charge in [-0.1, -0.05) is 19.3 Å². The molecule has 1 N–H and O–H groups in total. The van der Waals surface area contributed by atoms with Gasteiger partial charge >= 0.3 is 5.97 Å². The van der Waals surface area contributed by atoms with Crippen LogP contribution in [0.15, 0.2) is 6.20 Å². The lowest BCUT2D eigenvalue weighted by Crippen LogP contribution is -2.30. The van der Waals surface area contributed by atoms with E-state index in [1.54, 1.807) is 0 Å². The first-order valence-corrected chi connectivity index (χ1v) is 9.46. The first-order chi connectivity index (χ1) is 12.5. The zero-order chi connectivity index (χ0) is 18.9. The number of amides is 1. The summed E-state index contributed by atoms with van der Waals surface area (Å²) in [4.78, 5) is 34.6. The number of carbonyl (C=O) groups is 2. The van der Waals surface area contributed by atoms with Crippen molar-refractivity contribution < 1.29 is 14.3 Å². The molecule has 1 atom stereocenters. The molecule has 0 aliphatic carbocycles. The molecule has 2 rings (SSSR count). The molecule has 0 saturated carbocycles. The van der Waals surface area contributed by atoms with E-state index in [-0.39, 0.29) is 30.8 Å². The highest BCUT2D eigenvalue weighted by molar-refractivity contribution is 5.81. The fraction of sp³-hybridized carbons (Fsp3) is 0.684. The average molecular weight is 362 g/mol. The van der Waals surface area contributed by atoms with Crippen LogP contribution in [0.1, 0.15) is 69.2 Å². The summed E-state index contributed by atoms with van der Waals surface area (Å²) in [5, 5.41) is 2.89. The summed E-state index contributed by atoms with van der Waals surface area (Å²) in [5.74, 6) is 0.206. The zero-order valence-corrected chi connectivity index (χ0v) is 16.1. The van der Waals surface area contributed by atoms with Crippen molar-refractivity contribution >= 4 is 17.8 Å². The summed E-state index contributed by atoms with van der Waals surface area (Å²) in [7, 11) is 1.32. The first kappa shape index (κ1) is 20.1. The van der Waals surface area contributed by atoms with Crippen LogP contribution in [0.3, 0.4) is 0 Å². The van der Waals surface area contributed by atoms with Crippen molar-refractivity contribution in [2.45, 2.75) is 64.8 Å². The summed E-state index contributed by atoms with van der Waals surface area (Å²) in [5.41, 5.74) is 1.77. The Labute approximate surface area is 155 Å². The Kier molecular flexibility index (Phi) is 7.81. The molecule has 1 amide bonds. The Bertz CT molecular complexity index is 613. The number of aryl methyl sites for hydroxylation is 1. The summed E-state index contributed by atoms with van der Waals surface area (Å²) in [6.45, 7) is 5.84. The number of methoxy groups -OCH3 is 1. The third-order valence-corrected chi connectivity index (χ3v) is 4.77. The van der Waals surface area contributed by atoms with Crippen LogP contribution in [0.25, 0.3) is 0 Å². The van der Waals surface area contributed by atoms with Crippen molar-refractivity contribution in [3.05, 3.63) is 17.5 Å². The highest BCUT2D eigenvalue weighted by atomic mass is 16.5. The van der Waals surface area contributed by atoms with Gasteiger partial charge < -0.3 is 15.0 Å². The second-order valence-electron chi connectivity index (χ2n) is 6.83. The van der Waals surface area contributed by atoms with E-state index in [4.69, 9.17) is 0 Å². The largest absolute Gasteiger partial charge is 0.469 e. The number of anilines is 1. The topological polar surface area (TPSA) is 84.4 Å². The molecule has 2 heterocycles. The van der Waals surface area contributed by atoms with Crippen molar-refractivity contribution in [3.8, 4) is 0 Å². The number of carbonyl (C=O) groups excluding carboxylic acids is 2. The van der Waals surface area contributed by atoms with E-state index in [0.29, 0.717) is 0 Å². The normalized spacial score (nSPS) is 16.3. The molecule has 7 heteroatoms. The fourth-order valence-corrected chi connectivity index (χ4v) is 3.20. The Morgan fingerprint density at radius 1 is 1.19 bits per heavy atom. The van der Waals surface area contributed by atoms with E-state index in [0.717, 1.165) is 30.3 Å². The Hall–Kier alpha value is -2.18. The van der Waals surface area contributed by atoms with E-state index in [9.17, 15) is 9.59 Å². The molecule has 7 nitrogen and oxygen atoms in total. The number of nitrogens with one attached hydrogen (secondary N) is 1. The predicted molar refractivity (Wildman–Crippen MR) is 99.9 cm³/mol. The van der Waals surface area contributed by atoms with Gasteiger partial charge in [0.2, 0.25) is 11.9 Å². The van der Waals surface area contributed by atoms with Crippen LogP contribution < -0.4 is 10.2 Å². The van der Waals surface area contributed by atoms with Gasteiger partial charge in [0.15, 0.2) is 0 Å². The molecule has 1 aromatic rings. The summed E-state index contributed by atoms with van der Waals surface area (Å²) < 4.78 is 4.55. The van der Waals surface area contributed by atoms with E-state index in [2.05, 4.69) is 24.9 Å². The van der Waals surface area contributed by atoms with Crippen molar-refractivity contribution in [2.24, 2.45) is 0 Å². The number of ether oxygens (including phenoxy) is 1. The number of hydrogen-bond donors (Lipinski definition) is 1. The minimum absolute atomic E-state index is 0.0818. The van der Waals surface area contributed by atoms with E-state index >= 15 is 0 Å². The van der Waals surface area contributed by atoms with Gasteiger partial charge in [0, 0.05) is 37.0 Å². The zero-order valence-electron chi connectivity index (χ0n) is 16.1. The maximum Gasteiger partial charge on any atom is 0.306 e. The van der Waals surface area contributed by atoms with Crippen LogP contribution >= 0.6 is 0 Å². The standard InChI is InChI=1S/C19H30N4O3/c1-14(21-17(24)9-10-18(25)26-3)16-13-20-19(22-15(16)2)23-11-7-5-4-6-8-12-23/h13-14H,4-12H2,1-3H3,(H,21,24)/t14-/m0/s1. The lowest BCUT2D eigenvalue weighted by atomic mass is 10.1. The van der Waals surface area contributed by atoms with Crippen LogP contribution in [0, 0.1) is 6.92 Å². The highest BCUT2D eigenvalue weighted by Crippen LogP contribution is 2.20. The minimum Gasteiger partial charge on any atom is -0.469 e. The maximum atomic E-state index is 12.0. The van der Waals surface area contributed by atoms with Gasteiger partial charge in [-0.3, -0.25) is 9.59 Å². The lowest BCUT2D eigenvalue weighted by molar-refractivity contribution is -0.142. The molecular weight excluding hydrogens is 332 g/mol. The molecule has 1 aliphatic heterocycles. The van der Waals surface area contributed by atoms with Gasteiger partial charge in [-0.25, -0.2) is 9.97 Å². The van der Waals surface area contributed by atoms with Crippen molar-refractivity contribution in [2.75, 3.05) is 25.1 Å².